The van der Waals surface area contributed by atoms with Gasteiger partial charge in [0, 0.05) is 32.3 Å². The van der Waals surface area contributed by atoms with Crippen molar-refractivity contribution in [2.45, 2.75) is 32.2 Å². The summed E-state index contributed by atoms with van der Waals surface area (Å²) in [6.07, 6.45) is 5.17. The van der Waals surface area contributed by atoms with Gasteiger partial charge in [0.25, 0.3) is 0 Å². The number of carbonyl (C=O) groups excluding carboxylic acids is 1. The quantitative estimate of drug-likeness (QED) is 0.745. The van der Waals surface area contributed by atoms with Gasteiger partial charge in [0.15, 0.2) is 0 Å². The predicted octanol–water partition coefficient (Wildman–Crippen LogP) is 3.64. The highest BCUT2D eigenvalue weighted by Crippen LogP contribution is 2.23. The van der Waals surface area contributed by atoms with E-state index >= 15 is 0 Å². The number of halogens is 1. The van der Waals surface area contributed by atoms with E-state index in [0.717, 1.165) is 12.0 Å². The average molecular weight is 340 g/mol. The van der Waals surface area contributed by atoms with Gasteiger partial charge in [-0.2, -0.15) is 0 Å². The first-order valence-electron chi connectivity index (χ1n) is 8.38. The molecule has 2 aromatic heterocycles. The molecule has 0 aliphatic rings. The zero-order valence-corrected chi connectivity index (χ0v) is 14.4. The number of fused-ring (bicyclic) bond motifs is 1. The zero-order valence-electron chi connectivity index (χ0n) is 14.4. The van der Waals surface area contributed by atoms with E-state index in [1.807, 2.05) is 19.2 Å². The Morgan fingerprint density at radius 2 is 2.20 bits per heavy atom. The van der Waals surface area contributed by atoms with Crippen LogP contribution in [0.2, 0.25) is 0 Å². The minimum Gasteiger partial charge on any atom is -0.342 e. The minimum absolute atomic E-state index is 0.00553. The Kier molecular flexibility index (Phi) is 5.07. The lowest BCUT2D eigenvalue weighted by Gasteiger charge is -2.27. The molecule has 0 aliphatic carbocycles. The van der Waals surface area contributed by atoms with Crippen molar-refractivity contribution in [3.63, 3.8) is 0 Å². The van der Waals surface area contributed by atoms with Crippen LogP contribution in [0, 0.1) is 5.82 Å². The molecule has 0 spiro atoms. The Balaban J connectivity index is 1.66. The number of carbonyl (C=O) groups is 1. The topological polar surface area (TPSA) is 61.9 Å². The summed E-state index contributed by atoms with van der Waals surface area (Å²) in [6, 6.07) is 8.29. The Hall–Kier alpha value is -2.76. The molecule has 130 valence electrons. The van der Waals surface area contributed by atoms with Crippen molar-refractivity contribution in [2.24, 2.45) is 0 Å². The first-order valence-corrected chi connectivity index (χ1v) is 8.38. The number of hydrogen-bond donors (Lipinski definition) is 1. The second-order valence-corrected chi connectivity index (χ2v) is 6.06. The molecule has 3 rings (SSSR count). The lowest BCUT2D eigenvalue weighted by molar-refractivity contribution is -0.132. The summed E-state index contributed by atoms with van der Waals surface area (Å²) >= 11 is 0. The molecule has 0 radical (unpaired) electrons. The molecule has 0 unspecified atom stereocenters. The molecule has 1 amide bonds. The van der Waals surface area contributed by atoms with Crippen molar-refractivity contribution in [1.29, 1.82) is 0 Å². The molecule has 0 bridgehead atoms. The fourth-order valence-electron chi connectivity index (χ4n) is 3.03. The summed E-state index contributed by atoms with van der Waals surface area (Å²) in [7, 11) is 1.82. The molecule has 6 heteroatoms. The van der Waals surface area contributed by atoms with Crippen molar-refractivity contribution in [3.05, 3.63) is 59.9 Å². The number of pyridine rings is 1. The summed E-state index contributed by atoms with van der Waals surface area (Å²) in [5.41, 5.74) is 2.39. The monoisotopic (exact) mass is 340 g/mol. The van der Waals surface area contributed by atoms with Gasteiger partial charge >= 0.3 is 0 Å². The van der Waals surface area contributed by atoms with Gasteiger partial charge in [0.2, 0.25) is 5.91 Å². The largest absolute Gasteiger partial charge is 0.342 e. The number of imidazole rings is 1. The number of aromatic nitrogens is 3. The van der Waals surface area contributed by atoms with Crippen molar-refractivity contribution in [1.82, 2.24) is 19.9 Å². The van der Waals surface area contributed by atoms with E-state index < -0.39 is 0 Å². The molecule has 0 saturated heterocycles. The number of nitrogens with one attached hydrogen (secondary N) is 1. The summed E-state index contributed by atoms with van der Waals surface area (Å²) in [6.45, 7) is 2.05. The second-order valence-electron chi connectivity index (χ2n) is 6.06. The Labute approximate surface area is 145 Å². The number of nitrogens with zero attached hydrogens (tertiary/aromatic N) is 3. The fourth-order valence-corrected chi connectivity index (χ4v) is 3.03. The van der Waals surface area contributed by atoms with Crippen LogP contribution in [0.5, 0.6) is 0 Å². The fraction of sp³-hybridized carbons (Fsp3) is 0.316. The molecule has 0 saturated carbocycles. The number of benzene rings is 1. The summed E-state index contributed by atoms with van der Waals surface area (Å²) in [5.74, 6) is 0.430. The molecule has 0 aliphatic heterocycles. The molecular formula is C19H21FN4O. The number of aromatic amines is 1. The van der Waals surface area contributed by atoms with Crippen LogP contribution in [0.4, 0.5) is 4.39 Å². The Morgan fingerprint density at radius 3 is 2.92 bits per heavy atom. The van der Waals surface area contributed by atoms with Gasteiger partial charge in [-0.25, -0.2) is 9.37 Å². The van der Waals surface area contributed by atoms with Gasteiger partial charge < -0.3 is 9.88 Å². The lowest BCUT2D eigenvalue weighted by Crippen LogP contribution is -2.31. The maximum atomic E-state index is 13.2. The van der Waals surface area contributed by atoms with Crippen LogP contribution in [0.3, 0.4) is 0 Å². The average Bonchev–Trinajstić information content (AvgIpc) is 3.03. The highest BCUT2D eigenvalue weighted by molar-refractivity contribution is 5.77. The first kappa shape index (κ1) is 17.1. The third-order valence-corrected chi connectivity index (χ3v) is 4.39. The molecule has 2 heterocycles. The summed E-state index contributed by atoms with van der Waals surface area (Å²) in [4.78, 5) is 25.9. The van der Waals surface area contributed by atoms with Crippen LogP contribution in [0.25, 0.3) is 11.0 Å². The van der Waals surface area contributed by atoms with Gasteiger partial charge in [0.05, 0.1) is 17.1 Å². The second kappa shape index (κ2) is 7.42. The smallest absolute Gasteiger partial charge is 0.223 e. The van der Waals surface area contributed by atoms with Crippen LogP contribution in [-0.2, 0) is 11.2 Å². The Bertz CT molecular complexity index is 862. The lowest BCUT2D eigenvalue weighted by atomic mass is 10.0. The maximum Gasteiger partial charge on any atom is 0.223 e. The maximum absolute atomic E-state index is 13.2. The number of amides is 1. The molecule has 25 heavy (non-hydrogen) atoms. The van der Waals surface area contributed by atoms with Crippen LogP contribution >= 0.6 is 0 Å². The molecule has 1 N–H and O–H groups in total. The molecule has 3 aromatic rings. The van der Waals surface area contributed by atoms with Gasteiger partial charge in [-0.1, -0.05) is 13.0 Å². The SMILES string of the molecule is CC[C@@H](c1cccnc1)N(C)C(=O)CCc1nc2ccc(F)cc2[nH]1. The third-order valence-electron chi connectivity index (χ3n) is 4.39. The van der Waals surface area contributed by atoms with Crippen molar-refractivity contribution >= 4 is 16.9 Å². The third kappa shape index (κ3) is 3.84. The molecular weight excluding hydrogens is 319 g/mol. The van der Waals surface area contributed by atoms with Crippen molar-refractivity contribution in [3.8, 4) is 0 Å². The number of aryl methyl sites for hydroxylation is 1. The van der Waals surface area contributed by atoms with Crippen LogP contribution in [0.1, 0.15) is 37.2 Å². The minimum atomic E-state index is -0.305. The van der Waals surface area contributed by atoms with E-state index in [-0.39, 0.29) is 17.8 Å². The van der Waals surface area contributed by atoms with E-state index in [1.54, 1.807) is 23.4 Å². The molecule has 0 fully saturated rings. The number of rotatable bonds is 6. The van der Waals surface area contributed by atoms with Crippen molar-refractivity contribution in [2.75, 3.05) is 7.05 Å². The van der Waals surface area contributed by atoms with Gasteiger partial charge in [-0.15, -0.1) is 0 Å². The normalized spacial score (nSPS) is 12.3. The summed E-state index contributed by atoms with van der Waals surface area (Å²) in [5, 5.41) is 0. The summed E-state index contributed by atoms with van der Waals surface area (Å²) < 4.78 is 13.2. The van der Waals surface area contributed by atoms with Crippen LogP contribution < -0.4 is 0 Å². The molecule has 1 aromatic carbocycles. The highest BCUT2D eigenvalue weighted by Gasteiger charge is 2.20. The molecule has 5 nitrogen and oxygen atoms in total. The number of H-pyrrole nitrogens is 1. The van der Waals surface area contributed by atoms with Gasteiger partial charge in [-0.3, -0.25) is 9.78 Å². The van der Waals surface area contributed by atoms with E-state index in [1.165, 1.54) is 12.1 Å². The van der Waals surface area contributed by atoms with Gasteiger partial charge in [0.1, 0.15) is 11.6 Å². The van der Waals surface area contributed by atoms with E-state index in [9.17, 15) is 9.18 Å². The van der Waals surface area contributed by atoms with E-state index in [2.05, 4.69) is 21.9 Å². The van der Waals surface area contributed by atoms with E-state index in [0.29, 0.717) is 29.7 Å². The number of hydrogen-bond acceptors (Lipinski definition) is 3. The standard InChI is InChI=1S/C19H21FN4O/c1-3-17(13-5-4-10-21-12-13)24(2)19(25)9-8-18-22-15-7-6-14(20)11-16(15)23-18/h4-7,10-12,17H,3,8-9H2,1-2H3,(H,22,23)/t17-/m0/s1. The van der Waals surface area contributed by atoms with Gasteiger partial charge in [-0.05, 0) is 36.2 Å². The van der Waals surface area contributed by atoms with Crippen molar-refractivity contribution < 1.29 is 9.18 Å². The Morgan fingerprint density at radius 1 is 1.36 bits per heavy atom. The zero-order chi connectivity index (χ0) is 17.8. The highest BCUT2D eigenvalue weighted by atomic mass is 19.1. The first-order chi connectivity index (χ1) is 12.1. The van der Waals surface area contributed by atoms with Crippen LogP contribution in [0.15, 0.2) is 42.7 Å². The van der Waals surface area contributed by atoms with Crippen LogP contribution in [-0.4, -0.2) is 32.8 Å². The predicted molar refractivity (Wildman–Crippen MR) is 94.4 cm³/mol. The molecule has 1 atom stereocenters. The van der Waals surface area contributed by atoms with E-state index in [4.69, 9.17) is 0 Å².